The Morgan fingerprint density at radius 2 is 0.921 bits per heavy atom. The summed E-state index contributed by atoms with van der Waals surface area (Å²) in [5, 5.41) is 14.4. The van der Waals surface area contributed by atoms with Crippen molar-refractivity contribution in [2.24, 2.45) is 5.73 Å². The number of aliphatic hydroxyl groups is 1. The topological polar surface area (TPSA) is 216 Å². The van der Waals surface area contributed by atoms with Crippen LogP contribution in [0.2, 0.25) is 0 Å². The molecule has 5 aromatic rings. The Morgan fingerprint density at radius 1 is 0.539 bits per heavy atom. The second kappa shape index (κ2) is 40.8. The summed E-state index contributed by atoms with van der Waals surface area (Å²) >= 11 is 0. The van der Waals surface area contributed by atoms with Gasteiger partial charge in [0.05, 0.1) is 60.3 Å². The lowest BCUT2D eigenvalue weighted by molar-refractivity contribution is -0.123. The summed E-state index contributed by atoms with van der Waals surface area (Å²) in [5.74, 6) is 4.93. The lowest BCUT2D eigenvalue weighted by Crippen LogP contribution is -2.52. The van der Waals surface area contributed by atoms with Gasteiger partial charge in [0.25, 0.3) is 9.05 Å². The van der Waals surface area contributed by atoms with E-state index in [1.54, 1.807) is 40.6 Å². The summed E-state index contributed by atoms with van der Waals surface area (Å²) < 4.78 is 59.8. The number of terminal acetylenes is 1. The van der Waals surface area contributed by atoms with Crippen molar-refractivity contribution >= 4 is 43.7 Å². The van der Waals surface area contributed by atoms with E-state index < -0.39 is 9.05 Å². The molecule has 0 aromatic heterocycles. The molecule has 5 N–H and O–H groups in total. The normalized spacial score (nSPS) is 17.9. The SMILES string of the molecule is C#C.COc1cccc(CN2CCC(=O)CC2)c1.COc1cccc(CN2CCC3(CC2)NCCO3)c1.COc1cccc(CN2CCC3(CC2)OCCN3Cc2cccc(OC)c2)c1.COc1cccc(S(=O)(=O)Cl)c1.Cl.NCCO.O=C1CCNCC1. The molecule has 0 unspecified atom stereocenters. The summed E-state index contributed by atoms with van der Waals surface area (Å²) in [6.07, 6.45) is 15.1. The molecular formula is C67H95Cl2N7O12S. The van der Waals surface area contributed by atoms with E-state index in [1.165, 1.54) is 41.5 Å². The van der Waals surface area contributed by atoms with Gasteiger partial charge in [-0.2, -0.15) is 0 Å². The van der Waals surface area contributed by atoms with Gasteiger partial charge in [0, 0.05) is 166 Å². The van der Waals surface area contributed by atoms with Crippen molar-refractivity contribution < 1.29 is 56.3 Å². The molecular weight excluding hydrogens is 1200 g/mol. The van der Waals surface area contributed by atoms with Gasteiger partial charge in [0.2, 0.25) is 0 Å². The zero-order valence-corrected chi connectivity index (χ0v) is 55.0. The third-order valence-electron chi connectivity index (χ3n) is 15.7. The number of nitrogens with two attached hydrogens (primary N) is 1. The molecule has 22 heteroatoms. The molecule has 0 saturated carbocycles. The second-order valence-corrected chi connectivity index (χ2v) is 24.2. The van der Waals surface area contributed by atoms with Crippen molar-refractivity contribution in [3.05, 3.63) is 144 Å². The molecule has 2 spiro atoms. The minimum atomic E-state index is -3.64. The third-order valence-corrected chi connectivity index (χ3v) is 17.0. The predicted octanol–water partition coefficient (Wildman–Crippen LogP) is 8.17. The molecule has 0 radical (unpaired) electrons. The van der Waals surface area contributed by atoms with Crippen molar-refractivity contribution in [1.29, 1.82) is 0 Å². The Labute approximate surface area is 539 Å². The zero-order chi connectivity index (χ0) is 63.6. The maximum Gasteiger partial charge on any atom is 0.261 e. The van der Waals surface area contributed by atoms with Crippen LogP contribution in [0.25, 0.3) is 0 Å². The first-order valence-corrected chi connectivity index (χ1v) is 32.4. The fourth-order valence-corrected chi connectivity index (χ4v) is 11.6. The number of methoxy groups -OCH3 is 5. The summed E-state index contributed by atoms with van der Waals surface area (Å²) in [5.41, 5.74) is 9.78. The van der Waals surface area contributed by atoms with Crippen molar-refractivity contribution in [2.45, 2.75) is 93.9 Å². The molecule has 19 nitrogen and oxygen atoms in total. The van der Waals surface area contributed by atoms with E-state index in [-0.39, 0.29) is 35.4 Å². The molecule has 6 fully saturated rings. The number of carbonyl (C=O) groups is 2. The number of rotatable bonds is 15. The average Bonchev–Trinajstić information content (AvgIpc) is 2.16. The van der Waals surface area contributed by atoms with Gasteiger partial charge in [0.1, 0.15) is 51.8 Å². The van der Waals surface area contributed by atoms with E-state index in [2.05, 4.69) is 110 Å². The number of carbonyl (C=O) groups excluding carboxylic acids is 2. The Bertz CT molecular complexity index is 2950. The number of hydrogen-bond acceptors (Lipinski definition) is 19. The number of nitrogens with one attached hydrogen (secondary N) is 2. The molecule has 0 amide bonds. The van der Waals surface area contributed by atoms with Crippen molar-refractivity contribution in [1.82, 2.24) is 30.2 Å². The summed E-state index contributed by atoms with van der Waals surface area (Å²) in [6.45, 7) is 15.7. The lowest BCUT2D eigenvalue weighted by atomic mass is 9.97. The Balaban J connectivity index is 0.000000245. The number of likely N-dealkylation sites (tertiary alicyclic amines) is 3. The second-order valence-electron chi connectivity index (χ2n) is 21.7. The zero-order valence-electron chi connectivity index (χ0n) is 52.6. The van der Waals surface area contributed by atoms with Crippen LogP contribution >= 0.6 is 23.1 Å². The fourth-order valence-electron chi connectivity index (χ4n) is 10.9. The van der Waals surface area contributed by atoms with Crippen LogP contribution in [-0.2, 0) is 54.3 Å². The molecule has 0 aliphatic carbocycles. The molecule has 0 bridgehead atoms. The molecule has 6 saturated heterocycles. The summed E-state index contributed by atoms with van der Waals surface area (Å²) in [6, 6.07) is 39.1. The Hall–Kier alpha value is -5.87. The van der Waals surface area contributed by atoms with Crippen LogP contribution in [-0.4, -0.2) is 184 Å². The molecule has 6 aliphatic heterocycles. The smallest absolute Gasteiger partial charge is 0.261 e. The highest BCUT2D eigenvalue weighted by molar-refractivity contribution is 8.13. The number of halogens is 2. The van der Waals surface area contributed by atoms with Gasteiger partial charge in [-0.15, -0.1) is 25.3 Å². The summed E-state index contributed by atoms with van der Waals surface area (Å²) in [4.78, 5) is 31.4. The minimum absolute atomic E-state index is 0. The molecule has 0 atom stereocenters. The van der Waals surface area contributed by atoms with Gasteiger partial charge < -0.3 is 49.3 Å². The number of ketones is 2. The average molecular weight is 1290 g/mol. The van der Waals surface area contributed by atoms with Gasteiger partial charge in [0.15, 0.2) is 0 Å². The van der Waals surface area contributed by atoms with Gasteiger partial charge >= 0.3 is 0 Å². The lowest BCUT2D eigenvalue weighted by Gasteiger charge is -2.43. The van der Waals surface area contributed by atoms with E-state index in [4.69, 9.17) is 54.7 Å². The van der Waals surface area contributed by atoms with Gasteiger partial charge in [-0.05, 0) is 82.9 Å². The van der Waals surface area contributed by atoms with E-state index >= 15 is 0 Å². The number of aliphatic hydroxyl groups excluding tert-OH is 1. The number of benzene rings is 5. The molecule has 89 heavy (non-hydrogen) atoms. The largest absolute Gasteiger partial charge is 0.497 e. The van der Waals surface area contributed by atoms with Crippen LogP contribution in [0.1, 0.15) is 73.6 Å². The quantitative estimate of drug-likeness (QED) is 0.0574. The van der Waals surface area contributed by atoms with E-state index in [0.717, 1.165) is 166 Å². The van der Waals surface area contributed by atoms with Crippen molar-refractivity contribution in [2.75, 3.05) is 127 Å². The minimum Gasteiger partial charge on any atom is -0.497 e. The van der Waals surface area contributed by atoms with Crippen molar-refractivity contribution in [3.8, 4) is 41.6 Å². The summed E-state index contributed by atoms with van der Waals surface area (Å²) in [7, 11) is 9.75. The highest BCUT2D eigenvalue weighted by atomic mass is 35.7. The van der Waals surface area contributed by atoms with E-state index in [1.807, 2.05) is 30.3 Å². The highest BCUT2D eigenvalue weighted by Gasteiger charge is 2.44. The van der Waals surface area contributed by atoms with Gasteiger partial charge in [-0.1, -0.05) is 54.6 Å². The standard InChI is InChI=1S/C23H30N2O3.C15H22N2O2.C13H17NO2.C7H7ClO3S.C5H9NO.C2H7NO.C2H2.ClH/c1-26-21-7-3-5-19(15-21)17-24-11-9-23(10-12-24)25(13-14-28-23)18-20-6-4-8-22(16-20)27-2;1-18-14-4-2-3-13(11-14)12-17-8-5-15(6-9-17)16-7-10-19-15;1-16-13-4-2-3-11(9-13)10-14-7-5-12(15)6-8-14;1-11-6-3-2-4-7(5-6)12(8,9)10;7-5-1-3-6-4-2-5;3-1-2-4;1-2;/h3-8,15-16H,9-14,17-18H2,1-2H3;2-4,11,16H,5-10,12H2,1H3;2-4,9H,5-8,10H2,1H3;2-5H,1H3;6H,1-4H2;4H,1-3H2;1-2H;1H. The molecule has 6 heterocycles. The Kier molecular flexibility index (Phi) is 34.6. The number of nitrogens with zero attached hydrogens (tertiary/aromatic N) is 4. The fraction of sp³-hybridized carbons (Fsp3) is 0.493. The van der Waals surface area contributed by atoms with E-state index in [0.29, 0.717) is 36.7 Å². The first-order chi connectivity index (χ1) is 42.6. The van der Waals surface area contributed by atoms with Crippen LogP contribution in [0.15, 0.2) is 126 Å². The Morgan fingerprint density at radius 3 is 1.29 bits per heavy atom. The monoisotopic (exact) mass is 1290 g/mol. The number of ether oxygens (including phenoxy) is 7. The maximum atomic E-state index is 11.1. The van der Waals surface area contributed by atoms with Crippen LogP contribution in [0, 0.1) is 12.8 Å². The van der Waals surface area contributed by atoms with Crippen LogP contribution in [0.4, 0.5) is 0 Å². The molecule has 11 rings (SSSR count). The van der Waals surface area contributed by atoms with Crippen molar-refractivity contribution in [3.63, 3.8) is 0 Å². The first kappa shape index (κ1) is 75.6. The molecule has 6 aliphatic rings. The third kappa shape index (κ3) is 26.5. The molecule has 5 aromatic carbocycles. The maximum absolute atomic E-state index is 11.1. The first-order valence-electron chi connectivity index (χ1n) is 30.1. The molecule has 490 valence electrons. The number of hydrogen-bond donors (Lipinski definition) is 4. The van der Waals surface area contributed by atoms with Crippen LogP contribution in [0.3, 0.4) is 0 Å². The predicted molar refractivity (Wildman–Crippen MR) is 353 cm³/mol. The highest BCUT2D eigenvalue weighted by Crippen LogP contribution is 2.36. The van der Waals surface area contributed by atoms with E-state index in [9.17, 15) is 18.0 Å². The van der Waals surface area contributed by atoms with Gasteiger partial charge in [-0.3, -0.25) is 34.5 Å². The number of Topliss-reactive ketones (excluding diaryl/α,β-unsaturated/α-hetero) is 2. The number of piperidine rings is 4. The van der Waals surface area contributed by atoms with Crippen LogP contribution in [0.5, 0.6) is 28.7 Å². The van der Waals surface area contributed by atoms with Gasteiger partial charge in [-0.25, -0.2) is 8.42 Å². The van der Waals surface area contributed by atoms with Crippen LogP contribution < -0.4 is 40.1 Å².